The van der Waals surface area contributed by atoms with Gasteiger partial charge < -0.3 is 4.57 Å². The van der Waals surface area contributed by atoms with Crippen LogP contribution in [0, 0.1) is 5.82 Å². The van der Waals surface area contributed by atoms with Crippen molar-refractivity contribution in [1.29, 1.82) is 0 Å². The molecule has 3 rings (SSSR count). The topological polar surface area (TPSA) is 52.0 Å². The molecular weight excluding hydrogens is 331 g/mol. The lowest BCUT2D eigenvalue weighted by Gasteiger charge is -2.16. The molecule has 0 saturated carbocycles. The Morgan fingerprint density at radius 3 is 2.27 bits per heavy atom. The molecule has 26 heavy (non-hydrogen) atoms. The number of ketones is 2. The molecule has 0 bridgehead atoms. The molecule has 0 radical (unpaired) electrons. The molecule has 0 aliphatic rings. The maximum atomic E-state index is 13.1. The average Bonchev–Trinajstić information content (AvgIpc) is 3.08. The van der Waals surface area contributed by atoms with Crippen molar-refractivity contribution in [3.8, 4) is 0 Å². The van der Waals surface area contributed by atoms with E-state index >= 15 is 0 Å². The summed E-state index contributed by atoms with van der Waals surface area (Å²) in [6.07, 6.45) is 3.65. The fourth-order valence-corrected chi connectivity index (χ4v) is 2.96. The highest BCUT2D eigenvalue weighted by atomic mass is 19.1. The van der Waals surface area contributed by atoms with Crippen molar-refractivity contribution in [2.45, 2.75) is 18.8 Å². The number of hydrogen-bond acceptors (Lipinski definition) is 3. The van der Waals surface area contributed by atoms with Gasteiger partial charge in [0.05, 0.1) is 0 Å². The molecular formula is C21H19FN2O2. The van der Waals surface area contributed by atoms with Gasteiger partial charge in [0.25, 0.3) is 0 Å². The Kier molecular flexibility index (Phi) is 5.37. The minimum absolute atomic E-state index is 0.113. The summed E-state index contributed by atoms with van der Waals surface area (Å²) in [6.45, 7) is 0. The second-order valence-corrected chi connectivity index (χ2v) is 6.23. The number of aromatic nitrogens is 2. The van der Waals surface area contributed by atoms with Crippen molar-refractivity contribution >= 4 is 11.6 Å². The van der Waals surface area contributed by atoms with E-state index in [1.54, 1.807) is 24.0 Å². The SMILES string of the molecule is Cn1ccnc1C(=O)C[C@@H](CC(=O)c1ccc(F)cc1)c1ccccc1. The lowest BCUT2D eigenvalue weighted by atomic mass is 9.87. The molecule has 0 spiro atoms. The zero-order valence-corrected chi connectivity index (χ0v) is 14.4. The van der Waals surface area contributed by atoms with Crippen LogP contribution < -0.4 is 0 Å². The monoisotopic (exact) mass is 350 g/mol. The third kappa shape index (κ3) is 4.11. The van der Waals surface area contributed by atoms with Gasteiger partial charge in [0, 0.05) is 37.8 Å². The molecule has 0 saturated heterocycles. The van der Waals surface area contributed by atoms with E-state index in [9.17, 15) is 14.0 Å². The average molecular weight is 350 g/mol. The molecule has 132 valence electrons. The van der Waals surface area contributed by atoms with Crippen LogP contribution in [0.5, 0.6) is 0 Å². The van der Waals surface area contributed by atoms with Gasteiger partial charge in [-0.05, 0) is 35.7 Å². The maximum absolute atomic E-state index is 13.1. The highest BCUT2D eigenvalue weighted by Crippen LogP contribution is 2.27. The normalized spacial score (nSPS) is 11.9. The van der Waals surface area contributed by atoms with E-state index in [4.69, 9.17) is 0 Å². The molecule has 0 unspecified atom stereocenters. The summed E-state index contributed by atoms with van der Waals surface area (Å²) in [5.74, 6) is -0.506. The molecule has 0 N–H and O–H groups in total. The fraction of sp³-hybridized carbons (Fsp3) is 0.190. The second kappa shape index (κ2) is 7.87. The number of nitrogens with zero attached hydrogens (tertiary/aromatic N) is 2. The largest absolute Gasteiger partial charge is 0.332 e. The van der Waals surface area contributed by atoms with Crippen LogP contribution in [0.15, 0.2) is 67.0 Å². The van der Waals surface area contributed by atoms with Gasteiger partial charge in [-0.1, -0.05) is 30.3 Å². The van der Waals surface area contributed by atoms with Crippen molar-refractivity contribution < 1.29 is 14.0 Å². The molecule has 4 nitrogen and oxygen atoms in total. The van der Waals surface area contributed by atoms with Gasteiger partial charge in [0.1, 0.15) is 5.82 Å². The zero-order chi connectivity index (χ0) is 18.5. The number of hydrogen-bond donors (Lipinski definition) is 0. The number of carbonyl (C=O) groups is 2. The molecule has 1 aromatic heterocycles. The van der Waals surface area contributed by atoms with Gasteiger partial charge in [-0.2, -0.15) is 0 Å². The van der Waals surface area contributed by atoms with E-state index in [1.807, 2.05) is 30.3 Å². The van der Waals surface area contributed by atoms with E-state index in [2.05, 4.69) is 4.98 Å². The van der Waals surface area contributed by atoms with Crippen LogP contribution in [0.2, 0.25) is 0 Å². The second-order valence-electron chi connectivity index (χ2n) is 6.23. The van der Waals surface area contributed by atoms with Crippen LogP contribution in [0.4, 0.5) is 4.39 Å². The van der Waals surface area contributed by atoms with Gasteiger partial charge in [-0.15, -0.1) is 0 Å². The number of carbonyl (C=O) groups excluding carboxylic acids is 2. The molecule has 5 heteroatoms. The van der Waals surface area contributed by atoms with Crippen molar-refractivity contribution in [1.82, 2.24) is 9.55 Å². The Labute approximate surface area is 151 Å². The lowest BCUT2D eigenvalue weighted by Crippen LogP contribution is -2.15. The Hall–Kier alpha value is -3.08. The third-order valence-electron chi connectivity index (χ3n) is 4.37. The van der Waals surface area contributed by atoms with Gasteiger partial charge in [-0.3, -0.25) is 9.59 Å². The first-order valence-electron chi connectivity index (χ1n) is 8.39. The first-order chi connectivity index (χ1) is 12.5. The van der Waals surface area contributed by atoms with Crippen molar-refractivity contribution in [2.24, 2.45) is 7.05 Å². The first kappa shape index (κ1) is 17.7. The summed E-state index contributed by atoms with van der Waals surface area (Å²) >= 11 is 0. The summed E-state index contributed by atoms with van der Waals surface area (Å²) in [5, 5.41) is 0. The van der Waals surface area contributed by atoms with Crippen LogP contribution in [0.1, 0.15) is 45.3 Å². The standard InChI is InChI=1S/C21H19FN2O2/c1-24-12-11-23-21(24)20(26)14-17(15-5-3-2-4-6-15)13-19(25)16-7-9-18(22)10-8-16/h2-12,17H,13-14H2,1H3/t17-/m1/s1. The van der Waals surface area contributed by atoms with Crippen molar-refractivity contribution in [3.63, 3.8) is 0 Å². The van der Waals surface area contributed by atoms with Crippen molar-refractivity contribution in [2.75, 3.05) is 0 Å². The van der Waals surface area contributed by atoms with Crippen LogP contribution in [0.3, 0.4) is 0 Å². The first-order valence-corrected chi connectivity index (χ1v) is 8.39. The van der Waals surface area contributed by atoms with E-state index in [1.165, 1.54) is 24.3 Å². The van der Waals surface area contributed by atoms with Crippen molar-refractivity contribution in [3.05, 3.63) is 89.8 Å². The Morgan fingerprint density at radius 1 is 1.00 bits per heavy atom. The maximum Gasteiger partial charge on any atom is 0.198 e. The minimum Gasteiger partial charge on any atom is -0.332 e. The summed E-state index contributed by atoms with van der Waals surface area (Å²) < 4.78 is 14.8. The molecule has 0 amide bonds. The molecule has 0 aliphatic heterocycles. The van der Waals surface area contributed by atoms with E-state index in [0.717, 1.165) is 5.56 Å². The third-order valence-corrected chi connectivity index (χ3v) is 4.37. The van der Waals surface area contributed by atoms with Gasteiger partial charge in [0.2, 0.25) is 0 Å². The fourth-order valence-electron chi connectivity index (χ4n) is 2.96. The predicted molar refractivity (Wildman–Crippen MR) is 96.7 cm³/mol. The summed E-state index contributed by atoms with van der Waals surface area (Å²) in [7, 11) is 1.77. The molecule has 0 aliphatic carbocycles. The van der Waals surface area contributed by atoms with Gasteiger partial charge in [-0.25, -0.2) is 9.37 Å². The minimum atomic E-state index is -0.383. The summed E-state index contributed by atoms with van der Waals surface area (Å²) in [6, 6.07) is 15.0. The van der Waals surface area contributed by atoms with Gasteiger partial charge >= 0.3 is 0 Å². The van der Waals surface area contributed by atoms with Gasteiger partial charge in [0.15, 0.2) is 17.4 Å². The highest BCUT2D eigenvalue weighted by molar-refractivity contribution is 5.98. The van der Waals surface area contributed by atoms with Crippen LogP contribution in [0.25, 0.3) is 0 Å². The number of Topliss-reactive ketones (excluding diaryl/α,β-unsaturated/α-hetero) is 2. The number of imidazole rings is 1. The lowest BCUT2D eigenvalue weighted by molar-refractivity contribution is 0.0937. The number of rotatable bonds is 7. The Balaban J connectivity index is 1.82. The molecule has 0 fully saturated rings. The van der Waals surface area contributed by atoms with Crippen LogP contribution >= 0.6 is 0 Å². The van der Waals surface area contributed by atoms with E-state index in [0.29, 0.717) is 11.4 Å². The zero-order valence-electron chi connectivity index (χ0n) is 14.4. The van der Waals surface area contributed by atoms with E-state index in [-0.39, 0.29) is 36.1 Å². The van der Waals surface area contributed by atoms with Crippen LogP contribution in [-0.2, 0) is 7.05 Å². The van der Waals surface area contributed by atoms with Crippen LogP contribution in [-0.4, -0.2) is 21.1 Å². The summed E-state index contributed by atoms with van der Waals surface area (Å²) in [5.41, 5.74) is 1.36. The predicted octanol–water partition coefficient (Wildman–Crippen LogP) is 4.19. The molecule has 1 heterocycles. The Morgan fingerprint density at radius 2 is 1.65 bits per heavy atom. The summed E-state index contributed by atoms with van der Waals surface area (Å²) in [4.78, 5) is 29.3. The number of benzene rings is 2. The molecule has 1 atom stereocenters. The molecule has 3 aromatic rings. The quantitative estimate of drug-likeness (QED) is 0.601. The number of aryl methyl sites for hydroxylation is 1. The Bertz CT molecular complexity index is 901. The smallest absolute Gasteiger partial charge is 0.198 e. The highest BCUT2D eigenvalue weighted by Gasteiger charge is 2.23. The number of halogens is 1. The molecule has 2 aromatic carbocycles. The van der Waals surface area contributed by atoms with E-state index < -0.39 is 0 Å².